The van der Waals surface area contributed by atoms with Crippen LogP contribution in [0, 0.1) is 0 Å². The summed E-state index contributed by atoms with van der Waals surface area (Å²) in [6.07, 6.45) is 1.41. The molecule has 0 radical (unpaired) electrons. The lowest BCUT2D eigenvalue weighted by Gasteiger charge is -2.11. The van der Waals surface area contributed by atoms with E-state index in [2.05, 4.69) is 10.3 Å². The summed E-state index contributed by atoms with van der Waals surface area (Å²) in [5.74, 6) is 0.718. The Labute approximate surface area is 176 Å². The van der Waals surface area contributed by atoms with Crippen LogP contribution in [0.15, 0.2) is 65.0 Å². The van der Waals surface area contributed by atoms with Crippen LogP contribution in [0.3, 0.4) is 0 Å². The number of fused-ring (bicyclic) bond motifs is 1. The first-order valence-corrected chi connectivity index (χ1v) is 10.0. The van der Waals surface area contributed by atoms with E-state index in [-0.39, 0.29) is 18.0 Å². The predicted octanol–water partition coefficient (Wildman–Crippen LogP) is 3.78. The summed E-state index contributed by atoms with van der Waals surface area (Å²) in [6.45, 7) is -0.153. The molecule has 0 unspecified atom stereocenters. The Bertz CT molecular complexity index is 1260. The Kier molecular flexibility index (Phi) is 5.49. The van der Waals surface area contributed by atoms with Gasteiger partial charge in [-0.2, -0.15) is 0 Å². The fourth-order valence-corrected chi connectivity index (χ4v) is 4.09. The number of thiophene rings is 1. The van der Waals surface area contributed by atoms with Gasteiger partial charge in [-0.05, 0) is 17.7 Å². The van der Waals surface area contributed by atoms with Crippen molar-refractivity contribution in [1.29, 1.82) is 0 Å². The van der Waals surface area contributed by atoms with Crippen molar-refractivity contribution < 1.29 is 14.3 Å². The van der Waals surface area contributed by atoms with E-state index in [1.54, 1.807) is 25.3 Å². The number of nitrogens with zero attached hydrogens (tertiary/aromatic N) is 2. The van der Waals surface area contributed by atoms with Crippen LogP contribution < -0.4 is 20.3 Å². The molecule has 0 saturated carbocycles. The maximum absolute atomic E-state index is 13.1. The van der Waals surface area contributed by atoms with E-state index in [4.69, 9.17) is 9.47 Å². The van der Waals surface area contributed by atoms with Crippen LogP contribution in [0.4, 0.5) is 5.69 Å². The Morgan fingerprint density at radius 3 is 2.60 bits per heavy atom. The molecule has 0 aliphatic heterocycles. The van der Waals surface area contributed by atoms with Gasteiger partial charge in [0.2, 0.25) is 5.91 Å². The van der Waals surface area contributed by atoms with Gasteiger partial charge in [0.05, 0.1) is 25.9 Å². The van der Waals surface area contributed by atoms with E-state index < -0.39 is 0 Å². The average Bonchev–Trinajstić information content (AvgIpc) is 3.21. The van der Waals surface area contributed by atoms with Gasteiger partial charge in [-0.25, -0.2) is 4.98 Å². The maximum Gasteiger partial charge on any atom is 0.263 e. The lowest BCUT2D eigenvalue weighted by molar-refractivity contribution is -0.116. The third kappa shape index (κ3) is 3.77. The molecule has 0 atom stereocenters. The first-order valence-electron chi connectivity index (χ1n) is 9.14. The molecule has 7 nitrogen and oxygen atoms in total. The number of carbonyl (C=O) groups excluding carboxylic acids is 1. The van der Waals surface area contributed by atoms with Gasteiger partial charge in [0.1, 0.15) is 11.4 Å². The van der Waals surface area contributed by atoms with Crippen molar-refractivity contribution in [2.24, 2.45) is 0 Å². The van der Waals surface area contributed by atoms with Crippen molar-refractivity contribution in [3.05, 3.63) is 70.6 Å². The standard InChI is InChI=1S/C22H19N3O4S/c1-28-17-9-8-15(10-18(17)29-2)24-19(26)11-25-13-23-21-20(22(25)27)16(12-30-21)14-6-4-3-5-7-14/h3-10,12-13H,11H2,1-2H3,(H,24,26). The summed E-state index contributed by atoms with van der Waals surface area (Å²) in [6, 6.07) is 14.7. The number of carbonyl (C=O) groups is 1. The van der Waals surface area contributed by atoms with Gasteiger partial charge in [-0.1, -0.05) is 30.3 Å². The molecular formula is C22H19N3O4S. The SMILES string of the molecule is COc1ccc(NC(=O)Cn2cnc3scc(-c4ccccc4)c3c2=O)cc1OC. The van der Waals surface area contributed by atoms with Gasteiger partial charge in [0, 0.05) is 22.7 Å². The third-order valence-corrected chi connectivity index (χ3v) is 5.51. The lowest BCUT2D eigenvalue weighted by atomic mass is 10.1. The Hall–Kier alpha value is -3.65. The number of nitrogens with one attached hydrogen (secondary N) is 1. The van der Waals surface area contributed by atoms with Crippen LogP contribution in [0.5, 0.6) is 11.5 Å². The second-order valence-corrected chi connectivity index (χ2v) is 7.35. The Balaban J connectivity index is 1.60. The molecular weight excluding hydrogens is 402 g/mol. The molecule has 0 bridgehead atoms. The van der Waals surface area contributed by atoms with Crippen LogP contribution in [0.1, 0.15) is 0 Å². The first-order chi connectivity index (χ1) is 14.6. The van der Waals surface area contributed by atoms with Crippen LogP contribution >= 0.6 is 11.3 Å². The molecule has 4 rings (SSSR count). The van der Waals surface area contributed by atoms with Crippen LogP contribution in [-0.2, 0) is 11.3 Å². The first kappa shape index (κ1) is 19.7. The molecule has 4 aromatic rings. The van der Waals surface area contributed by atoms with Gasteiger partial charge >= 0.3 is 0 Å². The topological polar surface area (TPSA) is 82.5 Å². The molecule has 8 heteroatoms. The van der Waals surface area contributed by atoms with Crippen molar-refractivity contribution >= 4 is 33.1 Å². The van der Waals surface area contributed by atoms with E-state index in [1.807, 2.05) is 35.7 Å². The monoisotopic (exact) mass is 421 g/mol. The number of anilines is 1. The fraction of sp³-hybridized carbons (Fsp3) is 0.136. The van der Waals surface area contributed by atoms with Gasteiger partial charge in [0.15, 0.2) is 11.5 Å². The van der Waals surface area contributed by atoms with E-state index in [1.165, 1.54) is 29.3 Å². The fourth-order valence-electron chi connectivity index (χ4n) is 3.18. The summed E-state index contributed by atoms with van der Waals surface area (Å²) < 4.78 is 11.8. The highest BCUT2D eigenvalue weighted by molar-refractivity contribution is 7.17. The van der Waals surface area contributed by atoms with Gasteiger partial charge in [-0.3, -0.25) is 14.2 Å². The second-order valence-electron chi connectivity index (χ2n) is 6.49. The zero-order valence-corrected chi connectivity index (χ0v) is 17.2. The van der Waals surface area contributed by atoms with Crippen molar-refractivity contribution in [1.82, 2.24) is 9.55 Å². The highest BCUT2D eigenvalue weighted by Crippen LogP contribution is 2.31. The van der Waals surface area contributed by atoms with E-state index in [0.29, 0.717) is 27.4 Å². The van der Waals surface area contributed by atoms with Crippen LogP contribution in [0.25, 0.3) is 21.3 Å². The summed E-state index contributed by atoms with van der Waals surface area (Å²) in [5.41, 5.74) is 2.06. The van der Waals surface area contributed by atoms with Crippen molar-refractivity contribution in [3.63, 3.8) is 0 Å². The van der Waals surface area contributed by atoms with E-state index in [0.717, 1.165) is 11.1 Å². The minimum absolute atomic E-state index is 0.153. The molecule has 0 fully saturated rings. The van der Waals surface area contributed by atoms with Crippen molar-refractivity contribution in [3.8, 4) is 22.6 Å². The number of hydrogen-bond acceptors (Lipinski definition) is 6. The van der Waals surface area contributed by atoms with Crippen molar-refractivity contribution in [2.75, 3.05) is 19.5 Å². The maximum atomic E-state index is 13.1. The normalized spacial score (nSPS) is 10.7. The van der Waals surface area contributed by atoms with E-state index >= 15 is 0 Å². The molecule has 0 saturated heterocycles. The molecule has 1 N–H and O–H groups in total. The molecule has 2 heterocycles. The Morgan fingerprint density at radius 1 is 1.10 bits per heavy atom. The summed E-state index contributed by atoms with van der Waals surface area (Å²) >= 11 is 1.41. The molecule has 0 aliphatic carbocycles. The largest absolute Gasteiger partial charge is 0.493 e. The predicted molar refractivity (Wildman–Crippen MR) is 117 cm³/mol. The van der Waals surface area contributed by atoms with Gasteiger partial charge in [-0.15, -0.1) is 11.3 Å². The molecule has 2 aromatic carbocycles. The Morgan fingerprint density at radius 2 is 1.87 bits per heavy atom. The number of rotatable bonds is 6. The number of amides is 1. The minimum Gasteiger partial charge on any atom is -0.493 e. The second kappa shape index (κ2) is 8.38. The van der Waals surface area contributed by atoms with Crippen LogP contribution in [-0.4, -0.2) is 29.7 Å². The van der Waals surface area contributed by atoms with Gasteiger partial charge < -0.3 is 14.8 Å². The third-order valence-electron chi connectivity index (χ3n) is 4.63. The van der Waals surface area contributed by atoms with Crippen LogP contribution in [0.2, 0.25) is 0 Å². The molecule has 0 aliphatic rings. The quantitative estimate of drug-likeness (QED) is 0.512. The number of benzene rings is 2. The molecule has 2 aromatic heterocycles. The highest BCUT2D eigenvalue weighted by Gasteiger charge is 2.15. The number of aromatic nitrogens is 2. The molecule has 1 amide bonds. The van der Waals surface area contributed by atoms with E-state index in [9.17, 15) is 9.59 Å². The molecule has 0 spiro atoms. The summed E-state index contributed by atoms with van der Waals surface area (Å²) in [5, 5.41) is 5.21. The summed E-state index contributed by atoms with van der Waals surface area (Å²) in [7, 11) is 3.06. The smallest absolute Gasteiger partial charge is 0.263 e. The van der Waals surface area contributed by atoms with Gasteiger partial charge in [0.25, 0.3) is 5.56 Å². The highest BCUT2D eigenvalue weighted by atomic mass is 32.1. The molecule has 30 heavy (non-hydrogen) atoms. The molecule has 152 valence electrons. The lowest BCUT2D eigenvalue weighted by Crippen LogP contribution is -2.27. The minimum atomic E-state index is -0.345. The number of hydrogen-bond donors (Lipinski definition) is 1. The number of methoxy groups -OCH3 is 2. The zero-order valence-electron chi connectivity index (χ0n) is 16.4. The van der Waals surface area contributed by atoms with Crippen molar-refractivity contribution in [2.45, 2.75) is 6.54 Å². The average molecular weight is 421 g/mol. The number of ether oxygens (including phenoxy) is 2. The zero-order chi connectivity index (χ0) is 21.1. The summed E-state index contributed by atoms with van der Waals surface area (Å²) in [4.78, 5) is 30.6.